The predicted molar refractivity (Wildman–Crippen MR) is 97.6 cm³/mol. The summed E-state index contributed by atoms with van der Waals surface area (Å²) in [7, 11) is 1.57. The van der Waals surface area contributed by atoms with Gasteiger partial charge < -0.3 is 10.6 Å². The van der Waals surface area contributed by atoms with Gasteiger partial charge in [0.25, 0.3) is 0 Å². The van der Waals surface area contributed by atoms with Crippen LogP contribution >= 0.6 is 15.9 Å². The Morgan fingerprint density at radius 2 is 1.96 bits per heavy atom. The van der Waals surface area contributed by atoms with E-state index in [9.17, 15) is 18.4 Å². The van der Waals surface area contributed by atoms with E-state index in [0.29, 0.717) is 5.82 Å². The number of nitrogens with one attached hydrogen (secondary N) is 2. The summed E-state index contributed by atoms with van der Waals surface area (Å²) in [5.41, 5.74) is -0.251. The van der Waals surface area contributed by atoms with E-state index in [1.165, 1.54) is 4.90 Å². The van der Waals surface area contributed by atoms with E-state index in [4.69, 9.17) is 0 Å². The van der Waals surface area contributed by atoms with Crippen LogP contribution in [-0.4, -0.2) is 41.3 Å². The minimum absolute atomic E-state index is 0.0854. The van der Waals surface area contributed by atoms with Crippen molar-refractivity contribution in [2.45, 2.75) is 13.0 Å². The molecule has 1 aromatic carbocycles. The number of carbonyl (C=O) groups is 2. The minimum Gasteiger partial charge on any atom is -0.322 e. The molecule has 0 aliphatic carbocycles. The van der Waals surface area contributed by atoms with Crippen molar-refractivity contribution in [3.63, 3.8) is 0 Å². The molecule has 0 spiro atoms. The van der Waals surface area contributed by atoms with Gasteiger partial charge in [0.15, 0.2) is 0 Å². The van der Waals surface area contributed by atoms with Crippen LogP contribution in [0.15, 0.2) is 41.0 Å². The molecule has 138 valence electrons. The highest BCUT2D eigenvalue weighted by Crippen LogP contribution is 2.16. The van der Waals surface area contributed by atoms with Gasteiger partial charge >= 0.3 is 0 Å². The molecule has 0 aliphatic heterocycles. The SMILES string of the molecule is CC(C(=O)Nc1cc(F)ccc1F)N(C)CC(=O)Nc1ccc(Br)cn1. The number of carbonyl (C=O) groups excluding carboxylic acids is 2. The quantitative estimate of drug-likeness (QED) is 0.744. The molecular formula is C17H17BrF2N4O2. The molecule has 0 fully saturated rings. The van der Waals surface area contributed by atoms with Crippen LogP contribution in [0.3, 0.4) is 0 Å². The molecule has 9 heteroatoms. The normalized spacial score (nSPS) is 11.9. The van der Waals surface area contributed by atoms with Gasteiger partial charge in [-0.1, -0.05) is 0 Å². The van der Waals surface area contributed by atoms with E-state index >= 15 is 0 Å². The number of pyridine rings is 1. The molecular weight excluding hydrogens is 410 g/mol. The molecule has 0 saturated heterocycles. The Morgan fingerprint density at radius 1 is 1.23 bits per heavy atom. The predicted octanol–water partition coefficient (Wildman–Crippen LogP) is 3.02. The molecule has 1 heterocycles. The Bertz CT molecular complexity index is 802. The third-order valence-electron chi connectivity index (χ3n) is 3.61. The first-order chi connectivity index (χ1) is 12.3. The molecule has 2 N–H and O–H groups in total. The van der Waals surface area contributed by atoms with Gasteiger partial charge in [0.05, 0.1) is 18.3 Å². The Labute approximate surface area is 157 Å². The van der Waals surface area contributed by atoms with Gasteiger partial charge in [0, 0.05) is 16.7 Å². The molecule has 1 unspecified atom stereocenters. The van der Waals surface area contributed by atoms with E-state index in [2.05, 4.69) is 31.5 Å². The zero-order chi connectivity index (χ0) is 19.3. The first-order valence-electron chi connectivity index (χ1n) is 7.64. The number of rotatable bonds is 6. The Hall–Kier alpha value is -2.39. The number of benzene rings is 1. The van der Waals surface area contributed by atoms with Crippen molar-refractivity contribution in [2.75, 3.05) is 24.2 Å². The summed E-state index contributed by atoms with van der Waals surface area (Å²) in [6, 6.07) is 5.40. The maximum absolute atomic E-state index is 13.6. The largest absolute Gasteiger partial charge is 0.322 e. The summed E-state index contributed by atoms with van der Waals surface area (Å²) in [4.78, 5) is 29.7. The topological polar surface area (TPSA) is 74.3 Å². The second-order valence-electron chi connectivity index (χ2n) is 5.61. The standard InChI is InChI=1S/C17H17BrF2N4O2/c1-10(17(26)22-14-7-12(19)4-5-13(14)20)24(2)9-16(25)23-15-6-3-11(18)8-21-15/h3-8,10H,9H2,1-2H3,(H,22,26)(H,21,23,25). The summed E-state index contributed by atoms with van der Waals surface area (Å²) in [5.74, 6) is -1.95. The fraction of sp³-hybridized carbons (Fsp3) is 0.235. The lowest BCUT2D eigenvalue weighted by atomic mass is 10.2. The molecule has 26 heavy (non-hydrogen) atoms. The molecule has 6 nitrogen and oxygen atoms in total. The average Bonchev–Trinajstić information content (AvgIpc) is 2.59. The zero-order valence-corrected chi connectivity index (χ0v) is 15.7. The third-order valence-corrected chi connectivity index (χ3v) is 4.08. The average molecular weight is 427 g/mol. The highest BCUT2D eigenvalue weighted by Gasteiger charge is 2.21. The minimum atomic E-state index is -0.749. The van der Waals surface area contributed by atoms with Gasteiger partial charge in [-0.3, -0.25) is 14.5 Å². The van der Waals surface area contributed by atoms with Crippen molar-refractivity contribution in [3.8, 4) is 0 Å². The summed E-state index contributed by atoms with van der Waals surface area (Å²) in [6.45, 7) is 1.47. The fourth-order valence-electron chi connectivity index (χ4n) is 2.03. The molecule has 0 saturated carbocycles. The van der Waals surface area contributed by atoms with Gasteiger partial charge in [-0.15, -0.1) is 0 Å². The molecule has 0 aliphatic rings. The van der Waals surface area contributed by atoms with Crippen LogP contribution in [0.5, 0.6) is 0 Å². The lowest BCUT2D eigenvalue weighted by Gasteiger charge is -2.23. The van der Waals surface area contributed by atoms with E-state index < -0.39 is 23.6 Å². The zero-order valence-electron chi connectivity index (χ0n) is 14.1. The van der Waals surface area contributed by atoms with Gasteiger partial charge in [-0.25, -0.2) is 13.8 Å². The molecule has 2 amide bonds. The summed E-state index contributed by atoms with van der Waals surface area (Å²) < 4.78 is 27.6. The number of halogens is 3. The van der Waals surface area contributed by atoms with Gasteiger partial charge in [-0.05, 0) is 54.2 Å². The lowest BCUT2D eigenvalue weighted by Crippen LogP contribution is -2.43. The third kappa shape index (κ3) is 5.57. The van der Waals surface area contributed by atoms with Crippen molar-refractivity contribution in [1.29, 1.82) is 0 Å². The molecule has 0 bridgehead atoms. The number of likely N-dealkylation sites (N-methyl/N-ethyl adjacent to an activating group) is 1. The number of anilines is 2. The monoisotopic (exact) mass is 426 g/mol. The van der Waals surface area contributed by atoms with Crippen molar-refractivity contribution < 1.29 is 18.4 Å². The van der Waals surface area contributed by atoms with Crippen LogP contribution in [0.25, 0.3) is 0 Å². The molecule has 2 rings (SSSR count). The molecule has 0 radical (unpaired) electrons. The highest BCUT2D eigenvalue weighted by atomic mass is 79.9. The van der Waals surface area contributed by atoms with Crippen molar-refractivity contribution in [1.82, 2.24) is 9.88 Å². The van der Waals surface area contributed by atoms with E-state index in [1.54, 1.807) is 32.3 Å². The number of hydrogen-bond donors (Lipinski definition) is 2. The highest BCUT2D eigenvalue weighted by molar-refractivity contribution is 9.10. The number of amides is 2. The first-order valence-corrected chi connectivity index (χ1v) is 8.43. The molecule has 2 aromatic rings. The van der Waals surface area contributed by atoms with Crippen LogP contribution in [0, 0.1) is 11.6 Å². The molecule has 1 atom stereocenters. The van der Waals surface area contributed by atoms with Gasteiger partial charge in [0.2, 0.25) is 11.8 Å². The summed E-state index contributed by atoms with van der Waals surface area (Å²) in [6.07, 6.45) is 1.54. The number of aromatic nitrogens is 1. The van der Waals surface area contributed by atoms with Crippen molar-refractivity contribution in [3.05, 3.63) is 52.6 Å². The van der Waals surface area contributed by atoms with E-state index in [0.717, 1.165) is 22.7 Å². The Morgan fingerprint density at radius 3 is 2.62 bits per heavy atom. The number of nitrogens with zero attached hydrogens (tertiary/aromatic N) is 2. The Balaban J connectivity index is 1.92. The number of hydrogen-bond acceptors (Lipinski definition) is 4. The Kier molecular flexibility index (Phi) is 6.76. The van der Waals surface area contributed by atoms with Crippen LogP contribution in [0.2, 0.25) is 0 Å². The van der Waals surface area contributed by atoms with E-state index in [-0.39, 0.29) is 18.1 Å². The smallest absolute Gasteiger partial charge is 0.241 e. The van der Waals surface area contributed by atoms with E-state index in [1.807, 2.05) is 0 Å². The van der Waals surface area contributed by atoms with Crippen molar-refractivity contribution >= 4 is 39.2 Å². The lowest BCUT2D eigenvalue weighted by molar-refractivity contribution is -0.122. The van der Waals surface area contributed by atoms with Crippen LogP contribution in [0.4, 0.5) is 20.3 Å². The second-order valence-corrected chi connectivity index (χ2v) is 6.53. The summed E-state index contributed by atoms with van der Waals surface area (Å²) >= 11 is 3.25. The first kappa shape index (κ1) is 19.9. The van der Waals surface area contributed by atoms with Gasteiger partial charge in [-0.2, -0.15) is 0 Å². The van der Waals surface area contributed by atoms with Crippen molar-refractivity contribution in [2.24, 2.45) is 0 Å². The van der Waals surface area contributed by atoms with Crippen LogP contribution < -0.4 is 10.6 Å². The van der Waals surface area contributed by atoms with Crippen LogP contribution in [-0.2, 0) is 9.59 Å². The summed E-state index contributed by atoms with van der Waals surface area (Å²) in [5, 5.41) is 4.92. The van der Waals surface area contributed by atoms with Gasteiger partial charge in [0.1, 0.15) is 17.5 Å². The maximum Gasteiger partial charge on any atom is 0.241 e. The second kappa shape index (κ2) is 8.81. The fourth-order valence-corrected chi connectivity index (χ4v) is 2.26. The maximum atomic E-state index is 13.6. The van der Waals surface area contributed by atoms with Crippen LogP contribution in [0.1, 0.15) is 6.92 Å². The molecule has 1 aromatic heterocycles.